The number of carbonyl (C=O) groups excluding carboxylic acids is 1. The van der Waals surface area contributed by atoms with E-state index in [0.29, 0.717) is 12.8 Å². The zero-order valence-electron chi connectivity index (χ0n) is 12.7. The van der Waals surface area contributed by atoms with Crippen LogP contribution >= 0.6 is 7.75 Å². The molecule has 0 aliphatic heterocycles. The van der Waals surface area contributed by atoms with E-state index in [2.05, 4.69) is 4.76 Å². The van der Waals surface area contributed by atoms with Crippen molar-refractivity contribution in [3.63, 3.8) is 0 Å². The van der Waals surface area contributed by atoms with Gasteiger partial charge < -0.3 is 20.0 Å². The number of allylic oxidation sites excluding steroid dienone is 3. The van der Waals surface area contributed by atoms with Crippen molar-refractivity contribution < 1.29 is 29.4 Å². The molecule has 1 aliphatic rings. The summed E-state index contributed by atoms with van der Waals surface area (Å²) in [5.74, 6) is -1.16. The number of phenols is 1. The van der Waals surface area contributed by atoms with Gasteiger partial charge in [-0.3, -0.25) is 4.79 Å². The predicted octanol–water partition coefficient (Wildman–Crippen LogP) is 2.45. The van der Waals surface area contributed by atoms with Gasteiger partial charge in [0, 0.05) is 12.5 Å². The van der Waals surface area contributed by atoms with E-state index in [-0.39, 0.29) is 29.4 Å². The second-order valence-corrected chi connectivity index (χ2v) is 6.66. The maximum atomic E-state index is 12.3. The number of phenolic OH excluding ortho intramolecular Hbond substituents is 1. The number of rotatable bonds is 6. The average Bonchev–Trinajstić information content (AvgIpc) is 2.47. The number of aromatic hydroxyl groups is 1. The van der Waals surface area contributed by atoms with E-state index in [0.717, 1.165) is 11.6 Å². The average molecular weight is 351 g/mol. The van der Waals surface area contributed by atoms with E-state index < -0.39 is 13.7 Å². The molecule has 1 atom stereocenters. The van der Waals surface area contributed by atoms with E-state index in [1.54, 1.807) is 24.3 Å². The zero-order chi connectivity index (χ0) is 17.7. The number of nitrogens with zero attached hydrogens (tertiary/aromatic N) is 1. The molecule has 2 rings (SSSR count). The Morgan fingerprint density at radius 1 is 1.17 bits per heavy atom. The second-order valence-electron chi connectivity index (χ2n) is 5.43. The monoisotopic (exact) mass is 351 g/mol. The van der Waals surface area contributed by atoms with E-state index in [9.17, 15) is 19.6 Å². The molecule has 0 spiro atoms. The first-order valence-electron chi connectivity index (χ1n) is 7.30. The summed E-state index contributed by atoms with van der Waals surface area (Å²) in [5.41, 5.74) is 0.833. The molecule has 7 nitrogen and oxygen atoms in total. The number of benzene rings is 1. The Morgan fingerprint density at radius 3 is 2.46 bits per heavy atom. The van der Waals surface area contributed by atoms with Gasteiger partial charge in [-0.1, -0.05) is 18.2 Å². The third-order valence-electron chi connectivity index (χ3n) is 3.49. The quantitative estimate of drug-likeness (QED) is 0.583. The lowest BCUT2D eigenvalue weighted by Crippen LogP contribution is -2.23. The van der Waals surface area contributed by atoms with Gasteiger partial charge in [-0.05, 0) is 36.6 Å². The van der Waals surface area contributed by atoms with E-state index in [1.807, 2.05) is 0 Å². The molecule has 0 heterocycles. The number of hydrogen-bond acceptors (Lipinski definition) is 4. The highest BCUT2D eigenvalue weighted by Gasteiger charge is 2.26. The summed E-state index contributed by atoms with van der Waals surface area (Å²) < 4.78 is 14.3. The minimum atomic E-state index is -4.69. The number of carbonyl (C=O) groups is 1. The lowest BCUT2D eigenvalue weighted by molar-refractivity contribution is -0.119. The third-order valence-corrected chi connectivity index (χ3v) is 3.98. The highest BCUT2D eigenvalue weighted by atomic mass is 31.2. The molecule has 0 bridgehead atoms. The number of aliphatic hydroxyl groups excluding tert-OH is 1. The molecule has 0 radical (unpaired) electrons. The van der Waals surface area contributed by atoms with Crippen molar-refractivity contribution in [1.82, 2.24) is 0 Å². The minimum absolute atomic E-state index is 0.141. The van der Waals surface area contributed by atoms with Crippen LogP contribution in [0.2, 0.25) is 0 Å². The van der Waals surface area contributed by atoms with Crippen molar-refractivity contribution in [2.45, 2.75) is 19.3 Å². The molecule has 0 saturated carbocycles. The molecule has 0 aromatic heterocycles. The van der Waals surface area contributed by atoms with Gasteiger partial charge in [0.25, 0.3) is 0 Å². The molecule has 0 amide bonds. The smallest absolute Gasteiger partial charge is 0.448 e. The van der Waals surface area contributed by atoms with Gasteiger partial charge in [-0.15, -0.1) is 0 Å². The van der Waals surface area contributed by atoms with Gasteiger partial charge in [0.1, 0.15) is 17.3 Å². The molecule has 8 heteroatoms. The Bertz CT molecular complexity index is 744. The number of aryl methyl sites for hydroxylation is 1. The number of Topliss-reactive ketones (excluding diaryl/α,β-unsaturated/α-hetero) is 1. The molecule has 0 saturated heterocycles. The van der Waals surface area contributed by atoms with Gasteiger partial charge >= 0.3 is 7.75 Å². The van der Waals surface area contributed by atoms with Crippen LogP contribution < -0.4 is 0 Å². The van der Waals surface area contributed by atoms with Crippen molar-refractivity contribution in [1.29, 1.82) is 0 Å². The summed E-state index contributed by atoms with van der Waals surface area (Å²) in [6, 6.07) is 6.67. The normalized spacial score (nSPS) is 19.3. The molecule has 24 heavy (non-hydrogen) atoms. The number of ketones is 1. The van der Waals surface area contributed by atoms with Gasteiger partial charge in [0.2, 0.25) is 0 Å². The van der Waals surface area contributed by atoms with Crippen LogP contribution in [0, 0.1) is 5.92 Å². The molecular formula is C16H18NO6P. The lowest BCUT2D eigenvalue weighted by atomic mass is 9.90. The Morgan fingerprint density at radius 2 is 1.83 bits per heavy atom. The van der Waals surface area contributed by atoms with Crippen LogP contribution in [0.15, 0.2) is 53.0 Å². The van der Waals surface area contributed by atoms with Gasteiger partial charge in [-0.2, -0.15) is 4.76 Å². The van der Waals surface area contributed by atoms with Gasteiger partial charge in [-0.25, -0.2) is 4.57 Å². The standard InChI is InChI=1S/C16H18NO6P/c18-12-6-4-11(5-7-12)2-1-3-16(20)14-9-8-13(19)10-15(14)17-24(21,22)23/h4-10,14,18-19H,1-3H2,(H2,21,22,23). The molecule has 1 unspecified atom stereocenters. The highest BCUT2D eigenvalue weighted by Crippen LogP contribution is 2.38. The highest BCUT2D eigenvalue weighted by molar-refractivity contribution is 7.50. The summed E-state index contributed by atoms with van der Waals surface area (Å²) in [7, 11) is -4.69. The van der Waals surface area contributed by atoms with Crippen LogP contribution in [-0.4, -0.2) is 31.5 Å². The van der Waals surface area contributed by atoms with E-state index in [1.165, 1.54) is 12.2 Å². The summed E-state index contributed by atoms with van der Waals surface area (Å²) in [4.78, 5) is 30.2. The van der Waals surface area contributed by atoms with Crippen LogP contribution in [0.1, 0.15) is 18.4 Å². The Labute approximate surface area is 138 Å². The van der Waals surface area contributed by atoms with Crippen molar-refractivity contribution in [3.05, 3.63) is 53.8 Å². The fourth-order valence-electron chi connectivity index (χ4n) is 2.38. The molecule has 128 valence electrons. The van der Waals surface area contributed by atoms with Crippen LogP contribution in [0.4, 0.5) is 0 Å². The number of aliphatic hydroxyl groups is 1. The third kappa shape index (κ3) is 5.45. The Balaban J connectivity index is 2.00. The maximum absolute atomic E-state index is 12.3. The topological polar surface area (TPSA) is 127 Å². The van der Waals surface area contributed by atoms with Gasteiger partial charge in [0.05, 0.1) is 11.6 Å². The Hall–Kier alpha value is -2.21. The maximum Gasteiger partial charge on any atom is 0.448 e. The number of hydrogen-bond donors (Lipinski definition) is 4. The summed E-state index contributed by atoms with van der Waals surface area (Å²) in [6.07, 6.45) is 5.15. The first kappa shape index (κ1) is 18.1. The Kier molecular flexibility index (Phi) is 5.72. The first-order chi connectivity index (χ1) is 11.2. The van der Waals surface area contributed by atoms with Crippen molar-refractivity contribution in [3.8, 4) is 5.75 Å². The van der Waals surface area contributed by atoms with E-state index >= 15 is 0 Å². The van der Waals surface area contributed by atoms with E-state index in [4.69, 9.17) is 9.79 Å². The minimum Gasteiger partial charge on any atom is -0.508 e. The van der Waals surface area contributed by atoms with Crippen molar-refractivity contribution in [2.75, 3.05) is 0 Å². The lowest BCUT2D eigenvalue weighted by Gasteiger charge is -2.16. The molecule has 1 aromatic carbocycles. The predicted molar refractivity (Wildman–Crippen MR) is 88.9 cm³/mol. The second kappa shape index (κ2) is 7.57. The zero-order valence-corrected chi connectivity index (χ0v) is 13.6. The molecule has 1 aliphatic carbocycles. The summed E-state index contributed by atoms with van der Waals surface area (Å²) >= 11 is 0. The molecule has 1 aromatic rings. The van der Waals surface area contributed by atoms with Crippen molar-refractivity contribution >= 4 is 19.2 Å². The molecule has 0 fully saturated rings. The largest absolute Gasteiger partial charge is 0.508 e. The fourth-order valence-corrected chi connectivity index (χ4v) is 2.86. The van der Waals surface area contributed by atoms with Crippen LogP contribution in [0.3, 0.4) is 0 Å². The summed E-state index contributed by atoms with van der Waals surface area (Å²) in [5, 5.41) is 18.7. The van der Waals surface area contributed by atoms with Crippen LogP contribution in [-0.2, 0) is 15.8 Å². The van der Waals surface area contributed by atoms with Crippen LogP contribution in [0.5, 0.6) is 5.75 Å². The van der Waals surface area contributed by atoms with Gasteiger partial charge in [0.15, 0.2) is 0 Å². The van der Waals surface area contributed by atoms with Crippen LogP contribution in [0.25, 0.3) is 0 Å². The molecular weight excluding hydrogens is 333 g/mol. The van der Waals surface area contributed by atoms with Crippen molar-refractivity contribution in [2.24, 2.45) is 10.7 Å². The fraction of sp³-hybridized carbons (Fsp3) is 0.250. The molecule has 4 N–H and O–H groups in total. The first-order valence-corrected chi connectivity index (χ1v) is 8.86. The summed E-state index contributed by atoms with van der Waals surface area (Å²) in [6.45, 7) is 0. The SMILES string of the molecule is O=C(CCCc1ccc(O)cc1)C1C=CC(O)=CC1=NP(=O)(O)O.